The first-order valence-corrected chi connectivity index (χ1v) is 14.9. The molecule has 1 aliphatic rings. The molecule has 2 heterocycles. The number of aromatic nitrogens is 1. The van der Waals surface area contributed by atoms with Crippen molar-refractivity contribution in [2.45, 2.75) is 55.6 Å². The summed E-state index contributed by atoms with van der Waals surface area (Å²) in [6.45, 7) is -1.98. The second-order valence-corrected chi connectivity index (χ2v) is 12.0. The van der Waals surface area contributed by atoms with E-state index in [1.54, 1.807) is 0 Å². The number of carbonyl (C=O) groups excluding carboxylic acids is 1. The van der Waals surface area contributed by atoms with Gasteiger partial charge in [0.05, 0.1) is 60.1 Å². The lowest BCUT2D eigenvalue weighted by Crippen LogP contribution is -2.34. The van der Waals surface area contributed by atoms with Gasteiger partial charge in [0.15, 0.2) is 9.84 Å². The Morgan fingerprint density at radius 2 is 1.86 bits per heavy atom. The number of alkyl halides is 5. The van der Waals surface area contributed by atoms with E-state index in [4.69, 9.17) is 9.15 Å². The van der Waals surface area contributed by atoms with Crippen molar-refractivity contribution in [3.63, 3.8) is 0 Å². The molecule has 1 fully saturated rings. The van der Waals surface area contributed by atoms with Gasteiger partial charge in [-0.3, -0.25) is 4.79 Å². The zero-order chi connectivity index (χ0) is 32.1. The van der Waals surface area contributed by atoms with Crippen LogP contribution in [0.4, 0.5) is 28.0 Å². The van der Waals surface area contributed by atoms with Crippen LogP contribution in [0.3, 0.4) is 0 Å². The van der Waals surface area contributed by atoms with Crippen molar-refractivity contribution < 1.29 is 49.1 Å². The summed E-state index contributed by atoms with van der Waals surface area (Å²) >= 11 is 0. The maximum atomic E-state index is 13.0. The van der Waals surface area contributed by atoms with E-state index in [1.165, 1.54) is 36.1 Å². The Kier molecular flexibility index (Phi) is 10.1. The predicted molar refractivity (Wildman–Crippen MR) is 145 cm³/mol. The van der Waals surface area contributed by atoms with Crippen LogP contribution in [0.5, 0.6) is 5.75 Å². The van der Waals surface area contributed by atoms with Gasteiger partial charge in [-0.15, -0.1) is 0 Å². The van der Waals surface area contributed by atoms with E-state index < -0.39 is 58.9 Å². The van der Waals surface area contributed by atoms with Crippen molar-refractivity contribution in [1.29, 1.82) is 5.26 Å². The Labute approximate surface area is 249 Å². The van der Waals surface area contributed by atoms with Crippen LogP contribution < -0.4 is 15.0 Å². The number of nitrogens with zero attached hydrogens (tertiary/aromatic N) is 3. The fraction of sp³-hybridized carbons (Fsp3) is 0.393. The molecule has 3 aromatic rings. The number of amides is 1. The minimum atomic E-state index is -4.52. The van der Waals surface area contributed by atoms with Crippen molar-refractivity contribution in [3.8, 4) is 11.8 Å². The molecule has 1 aliphatic heterocycles. The maximum Gasteiger partial charge on any atom is 0.416 e. The molecule has 0 saturated carbocycles. The van der Waals surface area contributed by atoms with Crippen LogP contribution in [0.2, 0.25) is 0 Å². The van der Waals surface area contributed by atoms with Crippen LogP contribution in [-0.4, -0.2) is 57.0 Å². The van der Waals surface area contributed by atoms with Crippen LogP contribution in [-0.2, 0) is 20.8 Å². The summed E-state index contributed by atoms with van der Waals surface area (Å²) in [5.41, 5.74) is -0.383. The van der Waals surface area contributed by atoms with Crippen LogP contribution in [0.1, 0.15) is 47.5 Å². The highest BCUT2D eigenvalue weighted by molar-refractivity contribution is 7.91. The molecular weight excluding hydrogens is 615 g/mol. The SMILES string of the molecule is CCS(=O)(=O)c1ccc([C@H](CC#N)NC(=O)c2cnc(N3C[C@@H](Oc4ccc(C(F)(F)F)cc4)C[C@H]3COC(F)F)o2)cc1. The Hall–Kier alpha value is -4.23. The summed E-state index contributed by atoms with van der Waals surface area (Å²) in [5, 5.41) is 11.9. The number of oxazole rings is 1. The zero-order valence-corrected chi connectivity index (χ0v) is 23.9. The molecule has 1 N–H and O–H groups in total. The molecule has 44 heavy (non-hydrogen) atoms. The molecule has 3 atom stereocenters. The number of halogens is 5. The third-order valence-electron chi connectivity index (χ3n) is 6.86. The van der Waals surface area contributed by atoms with E-state index in [1.807, 2.05) is 6.07 Å². The number of carbonyl (C=O) groups is 1. The number of benzene rings is 2. The molecule has 0 aliphatic carbocycles. The van der Waals surface area contributed by atoms with Gasteiger partial charge in [0.1, 0.15) is 11.9 Å². The first-order valence-electron chi connectivity index (χ1n) is 13.3. The number of hydrogen-bond donors (Lipinski definition) is 1. The lowest BCUT2D eigenvalue weighted by atomic mass is 10.0. The average molecular weight is 643 g/mol. The Morgan fingerprint density at radius 3 is 2.45 bits per heavy atom. The molecule has 0 spiro atoms. The quantitative estimate of drug-likeness (QED) is 0.267. The van der Waals surface area contributed by atoms with Gasteiger partial charge in [0.25, 0.3) is 11.9 Å². The van der Waals surface area contributed by atoms with Gasteiger partial charge in [0, 0.05) is 6.42 Å². The number of ether oxygens (including phenoxy) is 2. The Morgan fingerprint density at radius 1 is 1.18 bits per heavy atom. The molecule has 10 nitrogen and oxygen atoms in total. The molecular formula is C28H27F5N4O6S. The fourth-order valence-corrected chi connectivity index (χ4v) is 5.48. The minimum absolute atomic E-state index is 0.0317. The average Bonchev–Trinajstić information content (AvgIpc) is 3.63. The topological polar surface area (TPSA) is 135 Å². The van der Waals surface area contributed by atoms with Crippen LogP contribution in [0.15, 0.2) is 64.0 Å². The first-order chi connectivity index (χ1) is 20.8. The third-order valence-corrected chi connectivity index (χ3v) is 8.61. The third kappa shape index (κ3) is 8.03. The van der Waals surface area contributed by atoms with Crippen molar-refractivity contribution >= 4 is 21.8 Å². The summed E-state index contributed by atoms with van der Waals surface area (Å²) < 4.78 is 104. The van der Waals surface area contributed by atoms with Crippen molar-refractivity contribution in [1.82, 2.24) is 10.3 Å². The molecule has 16 heteroatoms. The van der Waals surface area contributed by atoms with E-state index in [-0.39, 0.29) is 47.6 Å². The van der Waals surface area contributed by atoms with E-state index in [0.717, 1.165) is 30.5 Å². The lowest BCUT2D eigenvalue weighted by Gasteiger charge is -2.22. The normalized spacial score (nSPS) is 17.8. The highest BCUT2D eigenvalue weighted by Gasteiger charge is 2.37. The number of nitriles is 1. The molecule has 0 unspecified atom stereocenters. The van der Waals surface area contributed by atoms with Crippen LogP contribution in [0, 0.1) is 11.3 Å². The maximum absolute atomic E-state index is 13.0. The lowest BCUT2D eigenvalue weighted by molar-refractivity contribution is -0.137. The van der Waals surface area contributed by atoms with Crippen LogP contribution in [0.25, 0.3) is 0 Å². The molecule has 4 rings (SSSR count). The molecule has 1 aromatic heterocycles. The van der Waals surface area contributed by atoms with E-state index in [9.17, 15) is 40.4 Å². The first kappa shape index (κ1) is 32.7. The molecule has 1 amide bonds. The minimum Gasteiger partial charge on any atom is -0.489 e. The fourth-order valence-electron chi connectivity index (χ4n) is 4.60. The van der Waals surface area contributed by atoms with Crippen LogP contribution >= 0.6 is 0 Å². The summed E-state index contributed by atoms with van der Waals surface area (Å²) in [6, 6.07) is 10.1. The van der Waals surface area contributed by atoms with Gasteiger partial charge >= 0.3 is 12.8 Å². The molecule has 0 bridgehead atoms. The van der Waals surface area contributed by atoms with Gasteiger partial charge in [-0.25, -0.2) is 13.4 Å². The summed E-state index contributed by atoms with van der Waals surface area (Å²) in [4.78, 5) is 18.7. The number of anilines is 1. The van der Waals surface area contributed by atoms with Crippen molar-refractivity contribution in [3.05, 3.63) is 71.6 Å². The summed E-state index contributed by atoms with van der Waals surface area (Å²) in [5.74, 6) is -0.957. The molecule has 0 radical (unpaired) electrons. The molecule has 1 saturated heterocycles. The monoisotopic (exact) mass is 642 g/mol. The second kappa shape index (κ2) is 13.6. The second-order valence-electron chi connectivity index (χ2n) is 9.77. The number of hydrogen-bond acceptors (Lipinski definition) is 9. The number of rotatable bonds is 12. The largest absolute Gasteiger partial charge is 0.489 e. The Bertz CT molecular complexity index is 1570. The van der Waals surface area contributed by atoms with Crippen molar-refractivity contribution in [2.75, 3.05) is 23.8 Å². The van der Waals surface area contributed by atoms with E-state index >= 15 is 0 Å². The van der Waals surface area contributed by atoms with E-state index in [2.05, 4.69) is 15.0 Å². The number of nitrogens with one attached hydrogen (secondary N) is 1. The highest BCUT2D eigenvalue weighted by atomic mass is 32.2. The van der Waals surface area contributed by atoms with Crippen molar-refractivity contribution in [2.24, 2.45) is 0 Å². The van der Waals surface area contributed by atoms with Gasteiger partial charge in [-0.1, -0.05) is 19.1 Å². The van der Waals surface area contributed by atoms with E-state index in [0.29, 0.717) is 5.56 Å². The molecule has 236 valence electrons. The van der Waals surface area contributed by atoms with Gasteiger partial charge in [-0.2, -0.15) is 27.2 Å². The van der Waals surface area contributed by atoms with Gasteiger partial charge < -0.3 is 24.1 Å². The standard InChI is InChI=1S/C28H27F5N4O6S/c1-2-44(39,40)22-9-3-17(4-10-22)23(11-12-34)36-25(38)24-14-35-27(43-24)37-15-21(13-19(37)16-41-26(29)30)42-20-7-5-18(6-8-20)28(31,32)33/h3-10,14,19,21,23,26H,2,11,13,15-16H2,1H3,(H,36,38)/t19-,21-,23-/m0/s1. The smallest absolute Gasteiger partial charge is 0.416 e. The Balaban J connectivity index is 1.47. The summed E-state index contributed by atoms with van der Waals surface area (Å²) in [7, 11) is -3.45. The number of sulfone groups is 1. The molecule has 2 aromatic carbocycles. The summed E-state index contributed by atoms with van der Waals surface area (Å²) in [6.07, 6.45) is -4.09. The predicted octanol–water partition coefficient (Wildman–Crippen LogP) is 5.14. The highest BCUT2D eigenvalue weighted by Crippen LogP contribution is 2.32. The van der Waals surface area contributed by atoms with Gasteiger partial charge in [-0.05, 0) is 42.0 Å². The van der Waals surface area contributed by atoms with Gasteiger partial charge in [0.2, 0.25) is 5.76 Å². The zero-order valence-electron chi connectivity index (χ0n) is 23.1.